The molecule has 0 saturated carbocycles. The number of nitrogens with one attached hydrogen (secondary N) is 1. The van der Waals surface area contributed by atoms with E-state index < -0.39 is 4.92 Å². The Labute approximate surface area is 126 Å². The van der Waals surface area contributed by atoms with Crippen molar-refractivity contribution in [2.75, 3.05) is 0 Å². The lowest BCUT2D eigenvalue weighted by Gasteiger charge is -2.17. The molecule has 0 bridgehead atoms. The van der Waals surface area contributed by atoms with Gasteiger partial charge in [0.05, 0.1) is 22.2 Å². The van der Waals surface area contributed by atoms with Gasteiger partial charge in [0.2, 0.25) is 0 Å². The quantitative estimate of drug-likeness (QED) is 0.678. The van der Waals surface area contributed by atoms with Crippen LogP contribution in [-0.2, 0) is 0 Å². The largest absolute Gasteiger partial charge is 0.344 e. The zero-order chi connectivity index (χ0) is 15.4. The lowest BCUT2D eigenvalue weighted by atomic mass is 10.0. The number of aryl methyl sites for hydroxylation is 1. The van der Waals surface area contributed by atoms with Crippen LogP contribution in [0.3, 0.4) is 0 Å². The molecular weight excluding hydrogens is 290 g/mol. The van der Waals surface area contributed by atoms with Crippen LogP contribution in [-0.4, -0.2) is 15.8 Å². The summed E-state index contributed by atoms with van der Waals surface area (Å²) in [5.74, 6) is -0.201. The average Bonchev–Trinajstić information content (AvgIpc) is 2.91. The number of rotatable bonds is 5. The van der Waals surface area contributed by atoms with E-state index in [-0.39, 0.29) is 17.6 Å². The summed E-state index contributed by atoms with van der Waals surface area (Å²) in [7, 11) is 0. The molecule has 0 saturated heterocycles. The lowest BCUT2D eigenvalue weighted by molar-refractivity contribution is -0.384. The SMILES string of the molecule is CC[C@H](NC(=O)c1scnc1C)c1cccc([N+](=O)[O-])c1. The second kappa shape index (κ2) is 6.45. The Bertz CT molecular complexity index is 669. The summed E-state index contributed by atoms with van der Waals surface area (Å²) in [6.45, 7) is 3.70. The second-order valence-corrected chi connectivity index (χ2v) is 5.41. The molecule has 1 aromatic carbocycles. The number of thiazole rings is 1. The van der Waals surface area contributed by atoms with Gasteiger partial charge in [-0.05, 0) is 18.9 Å². The van der Waals surface area contributed by atoms with E-state index in [0.717, 1.165) is 5.56 Å². The van der Waals surface area contributed by atoms with E-state index in [1.54, 1.807) is 24.6 Å². The lowest BCUT2D eigenvalue weighted by Crippen LogP contribution is -2.28. The van der Waals surface area contributed by atoms with Crippen LogP contribution in [0.1, 0.15) is 40.3 Å². The van der Waals surface area contributed by atoms with Gasteiger partial charge in [0, 0.05) is 12.1 Å². The molecule has 1 amide bonds. The van der Waals surface area contributed by atoms with Crippen LogP contribution in [0.15, 0.2) is 29.8 Å². The summed E-state index contributed by atoms with van der Waals surface area (Å²) in [5, 5.41) is 13.7. The standard InChI is InChI=1S/C14H15N3O3S/c1-3-12(10-5-4-6-11(7-10)17(19)20)16-14(18)13-9(2)15-8-21-13/h4-8,12H,3H2,1-2H3,(H,16,18)/t12-/m0/s1. The minimum Gasteiger partial charge on any atom is -0.344 e. The third-order valence-corrected chi connectivity index (χ3v) is 4.08. The van der Waals surface area contributed by atoms with Crippen LogP contribution >= 0.6 is 11.3 Å². The Morgan fingerprint density at radius 2 is 2.29 bits per heavy atom. The Morgan fingerprint density at radius 3 is 2.86 bits per heavy atom. The summed E-state index contributed by atoms with van der Waals surface area (Å²) in [6, 6.07) is 6.07. The molecule has 0 aliphatic rings. The molecule has 6 nitrogen and oxygen atoms in total. The smallest absolute Gasteiger partial charge is 0.269 e. The topological polar surface area (TPSA) is 85.1 Å². The molecular formula is C14H15N3O3S. The second-order valence-electron chi connectivity index (χ2n) is 4.55. The number of non-ortho nitro benzene ring substituents is 1. The monoisotopic (exact) mass is 305 g/mol. The first-order chi connectivity index (χ1) is 10.0. The highest BCUT2D eigenvalue weighted by molar-refractivity contribution is 7.11. The zero-order valence-corrected chi connectivity index (χ0v) is 12.5. The molecule has 0 unspecified atom stereocenters. The molecule has 0 radical (unpaired) electrons. The molecule has 7 heteroatoms. The van der Waals surface area contributed by atoms with Crippen molar-refractivity contribution in [1.82, 2.24) is 10.3 Å². The first kappa shape index (κ1) is 15.1. The normalized spacial score (nSPS) is 11.9. The maximum atomic E-state index is 12.2. The first-order valence-corrected chi connectivity index (χ1v) is 7.36. The maximum absolute atomic E-state index is 12.2. The van der Waals surface area contributed by atoms with Gasteiger partial charge in [-0.2, -0.15) is 0 Å². The van der Waals surface area contributed by atoms with Crippen LogP contribution in [0.2, 0.25) is 0 Å². The first-order valence-electron chi connectivity index (χ1n) is 6.48. The van der Waals surface area contributed by atoms with Gasteiger partial charge in [0.25, 0.3) is 11.6 Å². The van der Waals surface area contributed by atoms with Crippen LogP contribution in [0.4, 0.5) is 5.69 Å². The fourth-order valence-corrected chi connectivity index (χ4v) is 2.73. The van der Waals surface area contributed by atoms with E-state index in [9.17, 15) is 14.9 Å². The molecule has 2 rings (SSSR count). The maximum Gasteiger partial charge on any atom is 0.269 e. The number of hydrogen-bond donors (Lipinski definition) is 1. The highest BCUT2D eigenvalue weighted by Gasteiger charge is 2.18. The zero-order valence-electron chi connectivity index (χ0n) is 11.7. The summed E-state index contributed by atoms with van der Waals surface area (Å²) < 4.78 is 0. The molecule has 21 heavy (non-hydrogen) atoms. The number of carbonyl (C=O) groups excluding carboxylic acids is 1. The molecule has 0 spiro atoms. The number of carbonyl (C=O) groups is 1. The van der Waals surface area contributed by atoms with Crippen LogP contribution in [0.5, 0.6) is 0 Å². The van der Waals surface area contributed by atoms with Gasteiger partial charge in [-0.15, -0.1) is 11.3 Å². The molecule has 1 atom stereocenters. The highest BCUT2D eigenvalue weighted by Crippen LogP contribution is 2.23. The van der Waals surface area contributed by atoms with Gasteiger partial charge < -0.3 is 5.32 Å². The van der Waals surface area contributed by atoms with Crippen molar-refractivity contribution in [2.24, 2.45) is 0 Å². The van der Waals surface area contributed by atoms with Gasteiger partial charge in [-0.3, -0.25) is 14.9 Å². The van der Waals surface area contributed by atoms with Crippen molar-refractivity contribution >= 4 is 22.9 Å². The average molecular weight is 305 g/mol. The number of amides is 1. The van der Waals surface area contributed by atoms with E-state index >= 15 is 0 Å². The minimum absolute atomic E-state index is 0.0224. The molecule has 0 aliphatic heterocycles. The van der Waals surface area contributed by atoms with Gasteiger partial charge in [-0.1, -0.05) is 19.1 Å². The number of aromatic nitrogens is 1. The number of benzene rings is 1. The van der Waals surface area contributed by atoms with Gasteiger partial charge in [-0.25, -0.2) is 4.98 Å². The minimum atomic E-state index is -0.439. The third kappa shape index (κ3) is 3.43. The summed E-state index contributed by atoms with van der Waals surface area (Å²) in [4.78, 5) is 27.2. The molecule has 110 valence electrons. The van der Waals surface area contributed by atoms with Crippen molar-refractivity contribution in [3.8, 4) is 0 Å². The van der Waals surface area contributed by atoms with Crippen molar-refractivity contribution in [2.45, 2.75) is 26.3 Å². The fourth-order valence-electron chi connectivity index (χ4n) is 2.02. The van der Waals surface area contributed by atoms with Crippen LogP contribution in [0.25, 0.3) is 0 Å². The van der Waals surface area contributed by atoms with Crippen LogP contribution < -0.4 is 5.32 Å². The van der Waals surface area contributed by atoms with E-state index in [0.29, 0.717) is 17.0 Å². The third-order valence-electron chi connectivity index (χ3n) is 3.15. The number of nitrogens with zero attached hydrogens (tertiary/aromatic N) is 2. The number of nitro groups is 1. The molecule has 0 fully saturated rings. The summed E-state index contributed by atoms with van der Waals surface area (Å²) in [6.07, 6.45) is 0.644. The number of hydrogen-bond acceptors (Lipinski definition) is 5. The molecule has 1 aromatic heterocycles. The van der Waals surface area contributed by atoms with Gasteiger partial charge >= 0.3 is 0 Å². The predicted octanol–water partition coefficient (Wildman–Crippen LogP) is 3.24. The van der Waals surface area contributed by atoms with Crippen LogP contribution in [0, 0.1) is 17.0 Å². The van der Waals surface area contributed by atoms with E-state index in [1.807, 2.05) is 6.92 Å². The Hall–Kier alpha value is -2.28. The Balaban J connectivity index is 2.20. The highest BCUT2D eigenvalue weighted by atomic mass is 32.1. The molecule has 2 aromatic rings. The van der Waals surface area contributed by atoms with Crippen molar-refractivity contribution in [1.29, 1.82) is 0 Å². The summed E-state index contributed by atoms with van der Waals surface area (Å²) >= 11 is 1.28. The summed E-state index contributed by atoms with van der Waals surface area (Å²) in [5.41, 5.74) is 3.06. The van der Waals surface area contributed by atoms with Crippen molar-refractivity contribution in [3.05, 3.63) is 56.0 Å². The molecule has 1 N–H and O–H groups in total. The van der Waals surface area contributed by atoms with E-state index in [2.05, 4.69) is 10.3 Å². The fraction of sp³-hybridized carbons (Fsp3) is 0.286. The Morgan fingerprint density at radius 1 is 1.52 bits per heavy atom. The number of nitro benzene ring substituents is 1. The molecule has 1 heterocycles. The van der Waals surface area contributed by atoms with E-state index in [1.165, 1.54) is 23.5 Å². The predicted molar refractivity (Wildman–Crippen MR) is 80.4 cm³/mol. The van der Waals surface area contributed by atoms with Crippen molar-refractivity contribution in [3.63, 3.8) is 0 Å². The molecule has 0 aliphatic carbocycles. The van der Waals surface area contributed by atoms with Crippen molar-refractivity contribution < 1.29 is 9.72 Å². The van der Waals surface area contributed by atoms with E-state index in [4.69, 9.17) is 0 Å². The Kier molecular flexibility index (Phi) is 4.64. The van der Waals surface area contributed by atoms with Gasteiger partial charge in [0.1, 0.15) is 4.88 Å². The van der Waals surface area contributed by atoms with Gasteiger partial charge in [0.15, 0.2) is 0 Å².